The van der Waals surface area contributed by atoms with Crippen molar-refractivity contribution in [2.45, 2.75) is 29.0 Å². The molecular weight excluding hydrogens is 400 g/mol. The largest absolute Gasteiger partial charge is 0.376 e. The Labute approximate surface area is 171 Å². The van der Waals surface area contributed by atoms with E-state index in [1.807, 2.05) is 0 Å². The van der Waals surface area contributed by atoms with Crippen molar-refractivity contribution in [2.24, 2.45) is 5.10 Å². The number of thiocarbonyl (C=S) groups is 1. The standard InChI is InChI=1S/C17H18N6O3S2/c24-23(25)14-9-12(4-5-15(14)28-17-18-6-2-7-19-17)10-21-22-16(27)20-11-13-3-1-8-26-13/h2,4-7,9-10,13H,1,3,8,11H2,(H2,20,22,27)/b21-10+. The molecule has 1 saturated heterocycles. The topological polar surface area (TPSA) is 115 Å². The average Bonchev–Trinajstić information content (AvgIpc) is 3.22. The van der Waals surface area contributed by atoms with Gasteiger partial charge in [0.1, 0.15) is 0 Å². The number of aromatic nitrogens is 2. The van der Waals surface area contributed by atoms with E-state index in [-0.39, 0.29) is 11.8 Å². The van der Waals surface area contributed by atoms with Gasteiger partial charge in [-0.2, -0.15) is 5.10 Å². The zero-order valence-electron chi connectivity index (χ0n) is 14.8. The highest BCUT2D eigenvalue weighted by Crippen LogP contribution is 2.33. The van der Waals surface area contributed by atoms with E-state index in [9.17, 15) is 10.1 Å². The Kier molecular flexibility index (Phi) is 7.23. The van der Waals surface area contributed by atoms with E-state index in [0.29, 0.717) is 27.3 Å². The van der Waals surface area contributed by atoms with Gasteiger partial charge in [0.05, 0.1) is 22.1 Å². The molecule has 0 amide bonds. The summed E-state index contributed by atoms with van der Waals surface area (Å²) in [5.74, 6) is 0. The van der Waals surface area contributed by atoms with Crippen molar-refractivity contribution >= 4 is 41.0 Å². The van der Waals surface area contributed by atoms with Crippen molar-refractivity contribution in [1.82, 2.24) is 20.7 Å². The summed E-state index contributed by atoms with van der Waals surface area (Å²) in [4.78, 5) is 19.6. The second-order valence-electron chi connectivity index (χ2n) is 5.83. The maximum absolute atomic E-state index is 11.4. The van der Waals surface area contributed by atoms with E-state index in [4.69, 9.17) is 17.0 Å². The van der Waals surface area contributed by atoms with E-state index < -0.39 is 4.92 Å². The summed E-state index contributed by atoms with van der Waals surface area (Å²) < 4.78 is 5.50. The fraction of sp³-hybridized carbons (Fsp3) is 0.294. The first-order valence-electron chi connectivity index (χ1n) is 8.53. The van der Waals surface area contributed by atoms with Crippen LogP contribution < -0.4 is 10.7 Å². The van der Waals surface area contributed by atoms with Gasteiger partial charge < -0.3 is 10.1 Å². The fourth-order valence-electron chi connectivity index (χ4n) is 2.50. The van der Waals surface area contributed by atoms with Gasteiger partial charge in [-0.3, -0.25) is 15.5 Å². The number of hydrazone groups is 1. The lowest BCUT2D eigenvalue weighted by Crippen LogP contribution is -2.37. The number of nitro groups is 1. The minimum absolute atomic E-state index is 0.0412. The molecule has 28 heavy (non-hydrogen) atoms. The van der Waals surface area contributed by atoms with Crippen molar-refractivity contribution in [3.8, 4) is 0 Å². The molecule has 1 unspecified atom stereocenters. The number of nitro benzene ring substituents is 1. The Morgan fingerprint density at radius 1 is 1.46 bits per heavy atom. The van der Waals surface area contributed by atoms with Gasteiger partial charge in [0.25, 0.3) is 5.69 Å². The third-order valence-electron chi connectivity index (χ3n) is 3.82. The minimum atomic E-state index is -0.441. The Balaban J connectivity index is 1.59. The number of ether oxygens (including phenoxy) is 1. The molecule has 1 aliphatic heterocycles. The Bertz CT molecular complexity index is 859. The van der Waals surface area contributed by atoms with Gasteiger partial charge in [-0.25, -0.2) is 9.97 Å². The quantitative estimate of drug-likeness (QED) is 0.230. The molecule has 146 valence electrons. The first-order chi connectivity index (χ1) is 13.6. The molecule has 0 saturated carbocycles. The van der Waals surface area contributed by atoms with E-state index in [1.54, 1.807) is 30.6 Å². The molecule has 0 bridgehead atoms. The van der Waals surface area contributed by atoms with Gasteiger partial charge in [-0.1, -0.05) is 6.07 Å². The Hall–Kier alpha value is -2.63. The third kappa shape index (κ3) is 5.94. The van der Waals surface area contributed by atoms with Crippen LogP contribution in [-0.4, -0.2) is 45.5 Å². The van der Waals surface area contributed by atoms with Crippen LogP contribution in [0.4, 0.5) is 5.69 Å². The summed E-state index contributed by atoms with van der Waals surface area (Å²) in [7, 11) is 0. The molecule has 1 aliphatic rings. The molecule has 0 spiro atoms. The average molecular weight is 419 g/mol. The molecule has 1 fully saturated rings. The van der Waals surface area contributed by atoms with Crippen LogP contribution in [-0.2, 0) is 4.74 Å². The van der Waals surface area contributed by atoms with Crippen LogP contribution >= 0.6 is 24.0 Å². The SMILES string of the molecule is O=[N+]([O-])c1cc(/C=N/NC(=S)NCC2CCCO2)ccc1Sc1ncccn1. The van der Waals surface area contributed by atoms with Gasteiger partial charge in [0, 0.05) is 37.2 Å². The second-order valence-corrected chi connectivity index (χ2v) is 7.25. The van der Waals surface area contributed by atoms with Crippen LogP contribution in [0.15, 0.2) is 51.8 Å². The smallest absolute Gasteiger partial charge is 0.283 e. The molecule has 1 aromatic carbocycles. The van der Waals surface area contributed by atoms with Gasteiger partial charge in [0.2, 0.25) is 0 Å². The summed E-state index contributed by atoms with van der Waals surface area (Å²) in [6.07, 6.45) is 6.90. The Morgan fingerprint density at radius 3 is 3.00 bits per heavy atom. The fourth-order valence-corrected chi connectivity index (χ4v) is 3.43. The summed E-state index contributed by atoms with van der Waals surface area (Å²) in [6.45, 7) is 1.41. The summed E-state index contributed by atoms with van der Waals surface area (Å²) >= 11 is 6.28. The first kappa shape index (κ1) is 20.1. The van der Waals surface area contributed by atoms with Crippen LogP contribution in [0, 0.1) is 10.1 Å². The van der Waals surface area contributed by atoms with Crippen LogP contribution in [0.25, 0.3) is 0 Å². The third-order valence-corrected chi connectivity index (χ3v) is 5.01. The zero-order chi connectivity index (χ0) is 19.8. The van der Waals surface area contributed by atoms with Crippen molar-refractivity contribution in [2.75, 3.05) is 13.2 Å². The van der Waals surface area contributed by atoms with Gasteiger partial charge >= 0.3 is 0 Å². The minimum Gasteiger partial charge on any atom is -0.376 e. The number of hydrogen-bond acceptors (Lipinski definition) is 8. The van der Waals surface area contributed by atoms with Crippen molar-refractivity contribution in [3.05, 3.63) is 52.3 Å². The predicted molar refractivity (Wildman–Crippen MR) is 110 cm³/mol. The lowest BCUT2D eigenvalue weighted by atomic mass is 10.2. The molecule has 0 aliphatic carbocycles. The molecule has 3 rings (SSSR count). The number of benzene rings is 1. The van der Waals surface area contributed by atoms with E-state index in [1.165, 1.54) is 12.3 Å². The van der Waals surface area contributed by atoms with Crippen LogP contribution in [0.5, 0.6) is 0 Å². The van der Waals surface area contributed by atoms with Gasteiger partial charge in [-0.05, 0) is 49.0 Å². The molecule has 1 atom stereocenters. The number of hydrogen-bond donors (Lipinski definition) is 2. The normalized spacial score (nSPS) is 16.2. The lowest BCUT2D eigenvalue weighted by Gasteiger charge is -2.11. The van der Waals surface area contributed by atoms with Crippen molar-refractivity contribution < 1.29 is 9.66 Å². The number of rotatable bonds is 7. The van der Waals surface area contributed by atoms with Gasteiger partial charge in [-0.15, -0.1) is 0 Å². The summed E-state index contributed by atoms with van der Waals surface area (Å²) in [6, 6.07) is 6.51. The second kappa shape index (κ2) is 10.1. The van der Waals surface area contributed by atoms with Gasteiger partial charge in [0.15, 0.2) is 10.3 Å². The van der Waals surface area contributed by atoms with E-state index >= 15 is 0 Å². The van der Waals surface area contributed by atoms with Crippen molar-refractivity contribution in [3.63, 3.8) is 0 Å². The van der Waals surface area contributed by atoms with Crippen LogP contribution in [0.2, 0.25) is 0 Å². The zero-order valence-corrected chi connectivity index (χ0v) is 16.4. The van der Waals surface area contributed by atoms with E-state index in [2.05, 4.69) is 25.8 Å². The number of nitrogens with one attached hydrogen (secondary N) is 2. The molecule has 0 radical (unpaired) electrons. The van der Waals surface area contributed by atoms with E-state index in [0.717, 1.165) is 31.2 Å². The molecule has 2 aromatic rings. The molecular formula is C17H18N6O3S2. The molecule has 9 nitrogen and oxygen atoms in total. The predicted octanol–water partition coefficient (Wildman–Crippen LogP) is 2.51. The summed E-state index contributed by atoms with van der Waals surface area (Å²) in [5, 5.41) is 19.3. The van der Waals surface area contributed by atoms with Crippen LogP contribution in [0.1, 0.15) is 18.4 Å². The molecule has 2 heterocycles. The molecule has 2 N–H and O–H groups in total. The van der Waals surface area contributed by atoms with Crippen molar-refractivity contribution in [1.29, 1.82) is 0 Å². The first-order valence-corrected chi connectivity index (χ1v) is 9.76. The highest BCUT2D eigenvalue weighted by Gasteiger charge is 2.17. The molecule has 11 heteroatoms. The number of nitrogens with zero attached hydrogens (tertiary/aromatic N) is 4. The Morgan fingerprint density at radius 2 is 2.29 bits per heavy atom. The highest BCUT2D eigenvalue weighted by atomic mass is 32.2. The maximum atomic E-state index is 11.4. The lowest BCUT2D eigenvalue weighted by molar-refractivity contribution is -0.387. The monoisotopic (exact) mass is 418 g/mol. The maximum Gasteiger partial charge on any atom is 0.283 e. The highest BCUT2D eigenvalue weighted by molar-refractivity contribution is 7.99. The summed E-state index contributed by atoms with van der Waals surface area (Å²) in [5.41, 5.74) is 3.23. The van der Waals surface area contributed by atoms with Crippen LogP contribution in [0.3, 0.4) is 0 Å². The molecule has 1 aromatic heterocycles.